The van der Waals surface area contributed by atoms with Gasteiger partial charge in [0.15, 0.2) is 0 Å². The topological polar surface area (TPSA) is 60.2 Å². The van der Waals surface area contributed by atoms with Gasteiger partial charge in [-0.3, -0.25) is 16.3 Å². The summed E-state index contributed by atoms with van der Waals surface area (Å²) in [4.78, 5) is 4.33. The summed E-state index contributed by atoms with van der Waals surface area (Å²) in [5, 5.41) is 0. The molecule has 1 rings (SSSR count). The molecule has 1 atom stereocenters. The predicted octanol–water partition coefficient (Wildman–Crippen LogP) is 1.66. The van der Waals surface area contributed by atoms with Crippen molar-refractivity contribution in [2.24, 2.45) is 5.84 Å². The largest absolute Gasteiger partial charge is 0.377 e. The highest BCUT2D eigenvalue weighted by Crippen LogP contribution is 2.25. The summed E-state index contributed by atoms with van der Waals surface area (Å²) in [6.07, 6.45) is 4.41. The van der Waals surface area contributed by atoms with E-state index >= 15 is 0 Å². The molecular formula is C13H23N3O. The number of aromatic nitrogens is 1. The molecule has 0 saturated carbocycles. The normalized spacial score (nSPS) is 13.6. The maximum atomic E-state index is 5.69. The van der Waals surface area contributed by atoms with E-state index < -0.39 is 0 Å². The van der Waals surface area contributed by atoms with Crippen LogP contribution in [0.25, 0.3) is 0 Å². The van der Waals surface area contributed by atoms with Gasteiger partial charge in [-0.1, -0.05) is 19.9 Å². The Labute approximate surface area is 104 Å². The number of hydrazine groups is 1. The molecular weight excluding hydrogens is 214 g/mol. The average molecular weight is 237 g/mol. The second kappa shape index (κ2) is 6.69. The number of ether oxygens (including phenoxy) is 1. The van der Waals surface area contributed by atoms with Crippen LogP contribution in [0.2, 0.25) is 0 Å². The zero-order valence-electron chi connectivity index (χ0n) is 10.9. The highest BCUT2D eigenvalue weighted by Gasteiger charge is 2.35. The molecule has 0 amide bonds. The summed E-state index contributed by atoms with van der Waals surface area (Å²) in [5.41, 5.74) is 3.68. The molecule has 4 nitrogen and oxygen atoms in total. The maximum Gasteiger partial charge on any atom is 0.0842 e. The maximum absolute atomic E-state index is 5.69. The molecule has 17 heavy (non-hydrogen) atoms. The standard InChI is InChI=1S/C13H23N3O/c1-4-13(5-2,17-3)12(16-14)10-11-8-6-7-9-15-11/h6-9,12,16H,4-5,10,14H2,1-3H3. The predicted molar refractivity (Wildman–Crippen MR) is 69.4 cm³/mol. The second-order valence-electron chi connectivity index (χ2n) is 4.22. The molecule has 0 aliphatic rings. The van der Waals surface area contributed by atoms with E-state index in [0.29, 0.717) is 0 Å². The molecule has 1 aromatic heterocycles. The first kappa shape index (κ1) is 14.1. The average Bonchev–Trinajstić information content (AvgIpc) is 2.41. The zero-order chi connectivity index (χ0) is 12.7. The third kappa shape index (κ3) is 3.25. The zero-order valence-corrected chi connectivity index (χ0v) is 10.9. The fraction of sp³-hybridized carbons (Fsp3) is 0.615. The van der Waals surface area contributed by atoms with Crippen LogP contribution < -0.4 is 11.3 Å². The van der Waals surface area contributed by atoms with Crippen molar-refractivity contribution in [3.63, 3.8) is 0 Å². The third-order valence-corrected chi connectivity index (χ3v) is 3.58. The van der Waals surface area contributed by atoms with Crippen molar-refractivity contribution in [3.8, 4) is 0 Å². The molecule has 0 aliphatic carbocycles. The van der Waals surface area contributed by atoms with Gasteiger partial charge in [-0.15, -0.1) is 0 Å². The monoisotopic (exact) mass is 237 g/mol. The highest BCUT2D eigenvalue weighted by molar-refractivity contribution is 5.08. The molecule has 0 aromatic carbocycles. The number of methoxy groups -OCH3 is 1. The van der Waals surface area contributed by atoms with E-state index in [1.165, 1.54) is 0 Å². The number of nitrogens with two attached hydrogens (primary N) is 1. The first-order chi connectivity index (χ1) is 8.22. The minimum absolute atomic E-state index is 0.0670. The van der Waals surface area contributed by atoms with Gasteiger partial charge in [0.25, 0.3) is 0 Å². The SMILES string of the molecule is CCC(CC)(OC)C(Cc1ccccn1)NN. The van der Waals surface area contributed by atoms with Crippen LogP contribution in [0.3, 0.4) is 0 Å². The van der Waals surface area contributed by atoms with Crippen molar-refractivity contribution in [2.75, 3.05) is 7.11 Å². The highest BCUT2D eigenvalue weighted by atomic mass is 16.5. The number of nitrogens with one attached hydrogen (secondary N) is 1. The van der Waals surface area contributed by atoms with Crippen molar-refractivity contribution in [1.29, 1.82) is 0 Å². The minimum atomic E-state index is -0.230. The summed E-state index contributed by atoms with van der Waals surface area (Å²) in [6.45, 7) is 4.24. The van der Waals surface area contributed by atoms with E-state index in [0.717, 1.165) is 25.0 Å². The van der Waals surface area contributed by atoms with Gasteiger partial charge in [0.1, 0.15) is 0 Å². The van der Waals surface area contributed by atoms with Crippen LogP contribution in [0.4, 0.5) is 0 Å². The molecule has 0 bridgehead atoms. The second-order valence-corrected chi connectivity index (χ2v) is 4.22. The van der Waals surface area contributed by atoms with Crippen molar-refractivity contribution in [3.05, 3.63) is 30.1 Å². The van der Waals surface area contributed by atoms with Crippen LogP contribution in [-0.2, 0) is 11.2 Å². The van der Waals surface area contributed by atoms with Crippen LogP contribution in [0, 0.1) is 0 Å². The number of nitrogens with zero attached hydrogens (tertiary/aromatic N) is 1. The lowest BCUT2D eigenvalue weighted by Crippen LogP contribution is -2.55. The molecule has 0 saturated heterocycles. The fourth-order valence-corrected chi connectivity index (χ4v) is 2.30. The van der Waals surface area contributed by atoms with Gasteiger partial charge in [-0.2, -0.15) is 0 Å². The van der Waals surface area contributed by atoms with Crippen LogP contribution in [0.5, 0.6) is 0 Å². The van der Waals surface area contributed by atoms with E-state index in [9.17, 15) is 0 Å². The van der Waals surface area contributed by atoms with Crippen LogP contribution in [-0.4, -0.2) is 23.7 Å². The number of rotatable bonds is 7. The molecule has 0 aliphatic heterocycles. The molecule has 1 heterocycles. The Hall–Kier alpha value is -0.970. The Kier molecular flexibility index (Phi) is 5.55. The molecule has 0 spiro atoms. The van der Waals surface area contributed by atoms with Gasteiger partial charge in [-0.25, -0.2) is 0 Å². The van der Waals surface area contributed by atoms with Crippen molar-refractivity contribution >= 4 is 0 Å². The molecule has 1 unspecified atom stereocenters. The summed E-state index contributed by atoms with van der Waals surface area (Å²) in [6, 6.07) is 5.98. The van der Waals surface area contributed by atoms with Gasteiger partial charge >= 0.3 is 0 Å². The van der Waals surface area contributed by atoms with Crippen LogP contribution in [0.1, 0.15) is 32.4 Å². The van der Waals surface area contributed by atoms with Crippen LogP contribution >= 0.6 is 0 Å². The molecule has 1 aromatic rings. The van der Waals surface area contributed by atoms with E-state index in [1.54, 1.807) is 13.3 Å². The van der Waals surface area contributed by atoms with E-state index in [4.69, 9.17) is 10.6 Å². The Bertz CT molecular complexity index is 303. The number of hydrogen-bond donors (Lipinski definition) is 2. The first-order valence-electron chi connectivity index (χ1n) is 6.13. The van der Waals surface area contributed by atoms with Gasteiger partial charge in [0.2, 0.25) is 0 Å². The summed E-state index contributed by atoms with van der Waals surface area (Å²) < 4.78 is 5.69. The first-order valence-corrected chi connectivity index (χ1v) is 6.13. The fourth-order valence-electron chi connectivity index (χ4n) is 2.30. The van der Waals surface area contributed by atoms with Gasteiger partial charge < -0.3 is 4.74 Å². The summed E-state index contributed by atoms with van der Waals surface area (Å²) in [7, 11) is 1.75. The van der Waals surface area contributed by atoms with Gasteiger partial charge in [0.05, 0.1) is 11.6 Å². The molecule has 0 fully saturated rings. The quantitative estimate of drug-likeness (QED) is 0.559. The van der Waals surface area contributed by atoms with Gasteiger partial charge in [0, 0.05) is 25.4 Å². The lowest BCUT2D eigenvalue weighted by Gasteiger charge is -2.38. The lowest BCUT2D eigenvalue weighted by molar-refractivity contribution is -0.0475. The Morgan fingerprint density at radius 3 is 2.53 bits per heavy atom. The third-order valence-electron chi connectivity index (χ3n) is 3.58. The molecule has 0 radical (unpaired) electrons. The number of pyridine rings is 1. The van der Waals surface area contributed by atoms with E-state index in [-0.39, 0.29) is 11.6 Å². The van der Waals surface area contributed by atoms with E-state index in [1.807, 2.05) is 18.2 Å². The summed E-state index contributed by atoms with van der Waals surface area (Å²) in [5.74, 6) is 5.68. The lowest BCUT2D eigenvalue weighted by atomic mass is 9.85. The molecule has 3 N–H and O–H groups in total. The Morgan fingerprint density at radius 2 is 2.12 bits per heavy atom. The van der Waals surface area contributed by atoms with Crippen molar-refractivity contribution < 1.29 is 4.74 Å². The Morgan fingerprint density at radius 1 is 1.41 bits per heavy atom. The molecule has 96 valence electrons. The van der Waals surface area contributed by atoms with Crippen molar-refractivity contribution in [2.45, 2.75) is 44.8 Å². The minimum Gasteiger partial charge on any atom is -0.377 e. The molecule has 4 heteroatoms. The Balaban J connectivity index is 2.83. The van der Waals surface area contributed by atoms with Gasteiger partial charge in [-0.05, 0) is 25.0 Å². The van der Waals surface area contributed by atoms with Crippen LogP contribution in [0.15, 0.2) is 24.4 Å². The smallest absolute Gasteiger partial charge is 0.0842 e. The van der Waals surface area contributed by atoms with Crippen molar-refractivity contribution in [1.82, 2.24) is 10.4 Å². The summed E-state index contributed by atoms with van der Waals surface area (Å²) >= 11 is 0. The van der Waals surface area contributed by atoms with E-state index in [2.05, 4.69) is 24.3 Å². The number of hydrogen-bond acceptors (Lipinski definition) is 4.